The summed E-state index contributed by atoms with van der Waals surface area (Å²) in [4.78, 5) is 11.8. The molecule has 1 heterocycles. The van der Waals surface area contributed by atoms with Crippen LogP contribution in [0.15, 0.2) is 53.4 Å². The number of hydrogen-bond acceptors (Lipinski definition) is 5. The Balaban J connectivity index is 1.86. The molecule has 4 rings (SSSR count). The van der Waals surface area contributed by atoms with Gasteiger partial charge in [0.25, 0.3) is 15.9 Å². The van der Waals surface area contributed by atoms with Crippen LogP contribution in [0.25, 0.3) is 11.1 Å². The van der Waals surface area contributed by atoms with Crippen LogP contribution in [0.4, 0.5) is 14.5 Å². The zero-order chi connectivity index (χ0) is 24.5. The van der Waals surface area contributed by atoms with Crippen molar-refractivity contribution in [1.29, 1.82) is 0 Å². The molecule has 0 aliphatic carbocycles. The molecular weight excluding hydrogens is 490 g/mol. The van der Waals surface area contributed by atoms with Gasteiger partial charge in [0, 0.05) is 23.7 Å². The first-order valence-corrected chi connectivity index (χ1v) is 12.1. The Morgan fingerprint density at radius 2 is 1.79 bits per heavy atom. The maximum absolute atomic E-state index is 14.6. The second kappa shape index (κ2) is 9.47. The molecule has 0 saturated carbocycles. The predicted octanol–water partition coefficient (Wildman–Crippen LogP) is 4.69. The molecule has 3 aromatic rings. The minimum Gasteiger partial charge on any atom is -0.505 e. The van der Waals surface area contributed by atoms with Gasteiger partial charge in [-0.3, -0.25) is 9.52 Å². The van der Waals surface area contributed by atoms with Gasteiger partial charge in [-0.15, -0.1) is 0 Å². The van der Waals surface area contributed by atoms with Crippen molar-refractivity contribution in [2.45, 2.75) is 17.7 Å². The van der Waals surface area contributed by atoms with Gasteiger partial charge in [-0.1, -0.05) is 23.7 Å². The molecule has 0 atom stereocenters. The maximum atomic E-state index is 14.6. The summed E-state index contributed by atoms with van der Waals surface area (Å²) >= 11 is 5.96. The fourth-order valence-electron chi connectivity index (χ4n) is 3.43. The van der Waals surface area contributed by atoms with Crippen molar-refractivity contribution >= 4 is 33.2 Å². The third-order valence-electron chi connectivity index (χ3n) is 5.15. The summed E-state index contributed by atoms with van der Waals surface area (Å²) in [6.45, 7) is 0.619. The Morgan fingerprint density at radius 3 is 2.59 bits per heavy atom. The van der Waals surface area contributed by atoms with E-state index in [1.54, 1.807) is 24.3 Å². The van der Waals surface area contributed by atoms with Gasteiger partial charge in [0.2, 0.25) is 0 Å². The third-order valence-corrected chi connectivity index (χ3v) is 6.82. The number of hydrogen-bond donors (Lipinski definition) is 3. The number of benzene rings is 3. The van der Waals surface area contributed by atoms with Crippen molar-refractivity contribution in [3.05, 3.63) is 70.8 Å². The number of halogens is 3. The first-order chi connectivity index (χ1) is 16.2. The molecule has 178 valence electrons. The number of carbonyl (C=O) groups is 1. The highest BCUT2D eigenvalue weighted by atomic mass is 35.5. The lowest BCUT2D eigenvalue weighted by atomic mass is 10.0. The highest BCUT2D eigenvalue weighted by molar-refractivity contribution is 7.92. The molecule has 0 spiro atoms. The van der Waals surface area contributed by atoms with Gasteiger partial charge >= 0.3 is 0 Å². The van der Waals surface area contributed by atoms with Crippen LogP contribution in [0.1, 0.15) is 23.2 Å². The molecule has 7 nitrogen and oxygen atoms in total. The standard InChI is InChI=1S/C23H19ClF2N2O5S/c24-17-9-14-10-21(22(17)29)34(31,32)28-20-11-16(18(25)12-19(20)26)13-4-3-5-15(8-13)33-7-2-1-6-27-23(14)30/h3-5,8-12,28-29H,1-2,6-7H2,(H,27,30). The normalized spacial score (nSPS) is 15.8. The summed E-state index contributed by atoms with van der Waals surface area (Å²) in [5.74, 6) is -3.05. The largest absolute Gasteiger partial charge is 0.505 e. The van der Waals surface area contributed by atoms with Crippen LogP contribution < -0.4 is 14.8 Å². The monoisotopic (exact) mass is 508 g/mol. The van der Waals surface area contributed by atoms with E-state index in [0.29, 0.717) is 36.8 Å². The van der Waals surface area contributed by atoms with E-state index in [9.17, 15) is 27.1 Å². The fourth-order valence-corrected chi connectivity index (χ4v) is 4.91. The number of rotatable bonds is 0. The predicted molar refractivity (Wildman–Crippen MR) is 123 cm³/mol. The lowest BCUT2D eigenvalue weighted by molar-refractivity contribution is 0.0952. The highest BCUT2D eigenvalue weighted by Gasteiger charge is 2.25. The summed E-state index contributed by atoms with van der Waals surface area (Å²) in [6.07, 6.45) is 1.17. The van der Waals surface area contributed by atoms with Crippen molar-refractivity contribution in [2.75, 3.05) is 17.9 Å². The maximum Gasteiger partial charge on any atom is 0.265 e. The van der Waals surface area contributed by atoms with E-state index in [1.165, 1.54) is 0 Å². The Bertz CT molecular complexity index is 1380. The van der Waals surface area contributed by atoms with Crippen LogP contribution >= 0.6 is 11.6 Å². The molecule has 0 unspecified atom stereocenters. The topological polar surface area (TPSA) is 105 Å². The van der Waals surface area contributed by atoms with E-state index in [4.69, 9.17) is 16.3 Å². The van der Waals surface area contributed by atoms with Crippen molar-refractivity contribution in [3.63, 3.8) is 0 Å². The average Bonchev–Trinajstić information content (AvgIpc) is 2.79. The second-order valence-corrected chi connectivity index (χ2v) is 9.62. The minimum atomic E-state index is -4.63. The molecule has 1 amide bonds. The number of phenolic OH excluding ortho intramolecular Hbond substituents is 1. The van der Waals surface area contributed by atoms with Gasteiger partial charge in [0.05, 0.1) is 17.3 Å². The van der Waals surface area contributed by atoms with Gasteiger partial charge < -0.3 is 15.2 Å². The second-order valence-electron chi connectivity index (χ2n) is 7.56. The van der Waals surface area contributed by atoms with Gasteiger partial charge in [0.1, 0.15) is 22.3 Å². The Hall–Kier alpha value is -3.37. The molecule has 1 aliphatic heterocycles. The summed E-state index contributed by atoms with van der Waals surface area (Å²) in [5.41, 5.74) is -0.400. The van der Waals surface area contributed by atoms with Crippen LogP contribution in [0.5, 0.6) is 11.5 Å². The third kappa shape index (κ3) is 4.92. The van der Waals surface area contributed by atoms with Crippen molar-refractivity contribution < 1.29 is 31.8 Å². The average molecular weight is 509 g/mol. The number of carbonyl (C=O) groups excluding carboxylic acids is 1. The number of sulfonamides is 1. The lowest BCUT2D eigenvalue weighted by Crippen LogP contribution is -2.25. The van der Waals surface area contributed by atoms with Gasteiger partial charge in [-0.2, -0.15) is 0 Å². The van der Waals surface area contributed by atoms with Crippen LogP contribution in [-0.2, 0) is 10.0 Å². The van der Waals surface area contributed by atoms with Crippen molar-refractivity contribution in [1.82, 2.24) is 5.32 Å². The number of amides is 1. The molecule has 1 aliphatic rings. The van der Waals surface area contributed by atoms with E-state index in [-0.39, 0.29) is 22.7 Å². The fraction of sp³-hybridized carbons (Fsp3) is 0.174. The molecular formula is C23H19ClF2N2O5S. The molecule has 0 aromatic heterocycles. The van der Waals surface area contributed by atoms with Crippen molar-refractivity contribution in [3.8, 4) is 22.6 Å². The lowest BCUT2D eigenvalue weighted by Gasteiger charge is -2.15. The highest BCUT2D eigenvalue weighted by Crippen LogP contribution is 2.35. The SMILES string of the molecule is O=C1NCCCCOc2cccc(c2)-c2cc(c(F)cc2F)NS(=O)(=O)c2cc1cc(Cl)c2O. The molecule has 34 heavy (non-hydrogen) atoms. The summed E-state index contributed by atoms with van der Waals surface area (Å²) in [6, 6.07) is 10.0. The number of phenols is 1. The zero-order valence-electron chi connectivity index (χ0n) is 17.6. The molecule has 0 saturated heterocycles. The van der Waals surface area contributed by atoms with Crippen LogP contribution in [0.2, 0.25) is 5.02 Å². The van der Waals surface area contributed by atoms with Gasteiger partial charge in [0.15, 0.2) is 5.75 Å². The number of ether oxygens (including phenoxy) is 1. The molecule has 0 fully saturated rings. The van der Waals surface area contributed by atoms with Crippen LogP contribution in [-0.4, -0.2) is 32.6 Å². The van der Waals surface area contributed by atoms with Crippen molar-refractivity contribution in [2.24, 2.45) is 0 Å². The summed E-state index contributed by atoms with van der Waals surface area (Å²) in [5, 5.41) is 12.5. The zero-order valence-corrected chi connectivity index (χ0v) is 19.1. The molecule has 6 bridgehead atoms. The summed E-state index contributed by atoms with van der Waals surface area (Å²) in [7, 11) is -4.63. The van der Waals surface area contributed by atoms with Crippen LogP contribution in [0, 0.1) is 11.6 Å². The minimum absolute atomic E-state index is 0.0685. The van der Waals surface area contributed by atoms with Crippen LogP contribution in [0.3, 0.4) is 0 Å². The number of anilines is 1. The Morgan fingerprint density at radius 1 is 1.00 bits per heavy atom. The smallest absolute Gasteiger partial charge is 0.265 e. The number of aromatic hydroxyl groups is 1. The van der Waals surface area contributed by atoms with E-state index in [2.05, 4.69) is 5.32 Å². The van der Waals surface area contributed by atoms with E-state index in [1.807, 2.05) is 4.72 Å². The number of fused-ring (bicyclic) bond motifs is 7. The first-order valence-electron chi connectivity index (χ1n) is 10.2. The molecule has 11 heteroatoms. The number of nitrogens with one attached hydrogen (secondary N) is 2. The molecule has 0 radical (unpaired) electrons. The van der Waals surface area contributed by atoms with E-state index in [0.717, 1.165) is 18.2 Å². The van der Waals surface area contributed by atoms with Gasteiger partial charge in [-0.25, -0.2) is 17.2 Å². The molecule has 3 aromatic carbocycles. The summed E-state index contributed by atoms with van der Waals surface area (Å²) < 4.78 is 62.9. The van der Waals surface area contributed by atoms with Gasteiger partial charge in [-0.05, 0) is 48.7 Å². The van der Waals surface area contributed by atoms with E-state index >= 15 is 0 Å². The van der Waals surface area contributed by atoms with E-state index < -0.39 is 43.9 Å². The molecule has 3 N–H and O–H groups in total. The first kappa shape index (κ1) is 23.8. The Kier molecular flexibility index (Phi) is 6.63. The Labute approximate surface area is 199 Å². The quantitative estimate of drug-likeness (QED) is 0.408.